The van der Waals surface area contributed by atoms with Gasteiger partial charge in [-0.2, -0.15) is 0 Å². The highest BCUT2D eigenvalue weighted by molar-refractivity contribution is 5.94. The van der Waals surface area contributed by atoms with E-state index in [-0.39, 0.29) is 24.5 Å². The fourth-order valence-electron chi connectivity index (χ4n) is 5.56. The Bertz CT molecular complexity index is 1460. The lowest BCUT2D eigenvalue weighted by Crippen LogP contribution is -2.49. The van der Waals surface area contributed by atoms with E-state index in [1.165, 1.54) is 26.0 Å². The number of nitrogens with zero attached hydrogens (tertiary/aromatic N) is 3. The van der Waals surface area contributed by atoms with Gasteiger partial charge in [-0.25, -0.2) is 0 Å². The molecule has 238 valence electrons. The molecule has 2 fully saturated rings. The molecule has 2 saturated heterocycles. The number of ether oxygens (including phenoxy) is 3. The maximum absolute atomic E-state index is 12.4. The minimum atomic E-state index is -0.915. The monoisotopic (exact) mass is 618 g/mol. The number of nitrogens with one attached hydrogen (secondary N) is 1. The van der Waals surface area contributed by atoms with Gasteiger partial charge in [-0.05, 0) is 42.3 Å². The summed E-state index contributed by atoms with van der Waals surface area (Å²) < 4.78 is 17.9. The topological polar surface area (TPSA) is 144 Å². The van der Waals surface area contributed by atoms with Gasteiger partial charge in [-0.15, -0.1) is 0 Å². The van der Waals surface area contributed by atoms with E-state index in [9.17, 15) is 24.8 Å². The van der Waals surface area contributed by atoms with Gasteiger partial charge in [0.2, 0.25) is 0 Å². The van der Waals surface area contributed by atoms with Gasteiger partial charge < -0.3 is 29.5 Å². The van der Waals surface area contributed by atoms with E-state index in [1.54, 1.807) is 24.3 Å². The Labute approximate surface area is 261 Å². The van der Waals surface area contributed by atoms with Crippen molar-refractivity contribution in [2.75, 3.05) is 42.9 Å². The first-order chi connectivity index (χ1) is 21.7. The Hall–Kier alpha value is -4.36. The van der Waals surface area contributed by atoms with Crippen molar-refractivity contribution in [3.05, 3.63) is 99.6 Å². The van der Waals surface area contributed by atoms with Crippen LogP contribution >= 0.6 is 0 Å². The Kier molecular flexibility index (Phi) is 10.4. The number of aliphatic hydroxyl groups is 1. The second-order valence-corrected chi connectivity index (χ2v) is 11.3. The van der Waals surface area contributed by atoms with Crippen molar-refractivity contribution in [2.45, 2.75) is 51.5 Å². The van der Waals surface area contributed by atoms with Gasteiger partial charge in [-0.3, -0.25) is 24.6 Å². The van der Waals surface area contributed by atoms with E-state index < -0.39 is 29.2 Å². The number of non-ortho nitro benzene ring substituents is 1. The fourth-order valence-corrected chi connectivity index (χ4v) is 5.56. The molecule has 2 aliphatic rings. The van der Waals surface area contributed by atoms with Crippen LogP contribution in [0.5, 0.6) is 0 Å². The molecule has 0 bridgehead atoms. The van der Waals surface area contributed by atoms with Crippen molar-refractivity contribution in [3.8, 4) is 0 Å². The second kappa shape index (κ2) is 14.6. The molecule has 0 unspecified atom stereocenters. The van der Waals surface area contributed by atoms with E-state index in [1.807, 2.05) is 36.4 Å². The van der Waals surface area contributed by atoms with Crippen molar-refractivity contribution in [1.29, 1.82) is 0 Å². The van der Waals surface area contributed by atoms with Gasteiger partial charge in [0, 0.05) is 75.1 Å². The predicted molar refractivity (Wildman–Crippen MR) is 166 cm³/mol. The highest BCUT2D eigenvalue weighted by atomic mass is 16.7. The Morgan fingerprint density at radius 3 is 2.22 bits per heavy atom. The number of nitro groups is 1. The molecule has 4 atom stereocenters. The largest absolute Gasteiger partial charge is 0.453 e. The molecule has 2 aliphatic heterocycles. The van der Waals surface area contributed by atoms with E-state index >= 15 is 0 Å². The van der Waals surface area contributed by atoms with Crippen LogP contribution in [0.25, 0.3) is 0 Å². The molecule has 2 heterocycles. The standard InChI is InChI=1S/C33H38N4O8/c1-22(43-23(2)39)32(40)34-27-9-7-26(8-10-27)33-44-30(19-31(45-33)25-5-3-24(21-38)4-6-25)20-35-15-17-36(18-16-35)28-11-13-29(14-12-28)37(41)42/h3-14,22,30-31,33,38H,15-21H2,1-2H3,(H,34,40)/t22-,30-,31+,33+/m0/s1. The first-order valence-corrected chi connectivity index (χ1v) is 15.0. The molecule has 0 aromatic heterocycles. The average molecular weight is 619 g/mol. The molecular formula is C33H38N4O8. The Morgan fingerprint density at radius 1 is 0.978 bits per heavy atom. The number of carbonyl (C=O) groups excluding carboxylic acids is 2. The van der Waals surface area contributed by atoms with Crippen LogP contribution in [0.3, 0.4) is 0 Å². The minimum Gasteiger partial charge on any atom is -0.453 e. The van der Waals surface area contributed by atoms with Crippen LogP contribution in [0.15, 0.2) is 72.8 Å². The van der Waals surface area contributed by atoms with Gasteiger partial charge in [0.1, 0.15) is 0 Å². The Morgan fingerprint density at radius 2 is 1.62 bits per heavy atom. The van der Waals surface area contributed by atoms with E-state index in [4.69, 9.17) is 14.2 Å². The van der Waals surface area contributed by atoms with Gasteiger partial charge in [0.15, 0.2) is 12.4 Å². The normalized spacial score (nSPS) is 21.1. The van der Waals surface area contributed by atoms with Crippen LogP contribution < -0.4 is 10.2 Å². The van der Waals surface area contributed by atoms with Crippen molar-refractivity contribution >= 4 is 28.9 Å². The third-order valence-electron chi connectivity index (χ3n) is 8.04. The van der Waals surface area contributed by atoms with Crippen LogP contribution in [0.2, 0.25) is 0 Å². The zero-order valence-electron chi connectivity index (χ0n) is 25.3. The molecule has 0 saturated carbocycles. The molecule has 5 rings (SSSR count). The summed E-state index contributed by atoms with van der Waals surface area (Å²) in [5, 5.41) is 23.2. The summed E-state index contributed by atoms with van der Waals surface area (Å²) in [6, 6.07) is 21.6. The summed E-state index contributed by atoms with van der Waals surface area (Å²) >= 11 is 0. The van der Waals surface area contributed by atoms with E-state index in [0.29, 0.717) is 18.7 Å². The summed E-state index contributed by atoms with van der Waals surface area (Å²) in [7, 11) is 0. The smallest absolute Gasteiger partial charge is 0.303 e. The Balaban J connectivity index is 1.24. The molecule has 2 N–H and O–H groups in total. The second-order valence-electron chi connectivity index (χ2n) is 11.3. The fraction of sp³-hybridized carbons (Fsp3) is 0.394. The summed E-state index contributed by atoms with van der Waals surface area (Å²) in [5.74, 6) is -0.954. The number of benzene rings is 3. The number of carbonyl (C=O) groups is 2. The number of anilines is 2. The van der Waals surface area contributed by atoms with Gasteiger partial charge in [0.25, 0.3) is 11.6 Å². The third kappa shape index (κ3) is 8.43. The van der Waals surface area contributed by atoms with Gasteiger partial charge in [0.05, 0.1) is 23.7 Å². The first-order valence-electron chi connectivity index (χ1n) is 15.0. The maximum Gasteiger partial charge on any atom is 0.303 e. The number of rotatable bonds is 10. The van der Waals surface area contributed by atoms with Crippen LogP contribution in [0, 0.1) is 10.1 Å². The number of hydrogen-bond acceptors (Lipinski definition) is 10. The molecule has 3 aromatic carbocycles. The quantitative estimate of drug-likeness (QED) is 0.191. The lowest BCUT2D eigenvalue weighted by molar-refractivity contribution is -0.384. The zero-order chi connectivity index (χ0) is 31.9. The molecule has 0 aliphatic carbocycles. The molecule has 1 amide bonds. The van der Waals surface area contributed by atoms with Crippen LogP contribution in [-0.2, 0) is 30.4 Å². The average Bonchev–Trinajstić information content (AvgIpc) is 3.05. The summed E-state index contributed by atoms with van der Waals surface area (Å²) in [6.45, 7) is 6.66. The summed E-state index contributed by atoms with van der Waals surface area (Å²) in [6.07, 6.45) is -1.26. The van der Waals surface area contributed by atoms with Crippen molar-refractivity contribution in [2.24, 2.45) is 0 Å². The molecule has 12 heteroatoms. The van der Waals surface area contributed by atoms with Gasteiger partial charge in [-0.1, -0.05) is 36.4 Å². The highest BCUT2D eigenvalue weighted by Gasteiger charge is 2.34. The lowest BCUT2D eigenvalue weighted by atomic mass is 9.99. The van der Waals surface area contributed by atoms with Gasteiger partial charge >= 0.3 is 5.97 Å². The van der Waals surface area contributed by atoms with Crippen LogP contribution in [0.1, 0.15) is 49.4 Å². The zero-order valence-corrected chi connectivity index (χ0v) is 25.3. The number of nitro benzene ring substituents is 1. The number of amides is 1. The maximum atomic E-state index is 12.4. The third-order valence-corrected chi connectivity index (χ3v) is 8.04. The molecule has 45 heavy (non-hydrogen) atoms. The molecule has 3 aromatic rings. The van der Waals surface area contributed by atoms with Crippen molar-refractivity contribution < 1.29 is 33.8 Å². The number of piperazine rings is 1. The lowest BCUT2D eigenvalue weighted by Gasteiger charge is -2.41. The summed E-state index contributed by atoms with van der Waals surface area (Å²) in [4.78, 5) is 38.8. The number of hydrogen-bond donors (Lipinski definition) is 2. The van der Waals surface area contributed by atoms with Crippen LogP contribution in [0.4, 0.5) is 17.1 Å². The first kappa shape index (κ1) is 32.0. The number of aliphatic hydroxyl groups excluding tert-OH is 1. The van der Waals surface area contributed by atoms with E-state index in [2.05, 4.69) is 15.1 Å². The molecule has 0 spiro atoms. The molecule has 0 radical (unpaired) electrons. The van der Waals surface area contributed by atoms with Crippen molar-refractivity contribution in [3.63, 3.8) is 0 Å². The molecule has 12 nitrogen and oxygen atoms in total. The highest BCUT2D eigenvalue weighted by Crippen LogP contribution is 2.38. The van der Waals surface area contributed by atoms with Crippen LogP contribution in [-0.4, -0.2) is 71.7 Å². The summed E-state index contributed by atoms with van der Waals surface area (Å²) in [5.41, 5.74) is 4.22. The predicted octanol–water partition coefficient (Wildman–Crippen LogP) is 4.34. The minimum absolute atomic E-state index is 0.0332. The molecular weight excluding hydrogens is 580 g/mol. The van der Waals surface area contributed by atoms with E-state index in [0.717, 1.165) is 48.6 Å². The van der Waals surface area contributed by atoms with Crippen molar-refractivity contribution in [1.82, 2.24) is 4.90 Å². The number of esters is 1. The SMILES string of the molecule is CC(=O)O[C@@H](C)C(=O)Nc1ccc([C@@H]2O[C@H](CN3CCN(c4ccc([N+](=O)[O-])cc4)CC3)C[C@H](c3ccc(CO)cc3)O2)cc1.